The first kappa shape index (κ1) is 16.0. The van der Waals surface area contributed by atoms with Gasteiger partial charge in [0.05, 0.1) is 11.0 Å². The summed E-state index contributed by atoms with van der Waals surface area (Å²) in [6.45, 7) is 0. The lowest BCUT2D eigenvalue weighted by atomic mass is 10.0. The van der Waals surface area contributed by atoms with Gasteiger partial charge in [-0.2, -0.15) is 13.2 Å². The van der Waals surface area contributed by atoms with Crippen molar-refractivity contribution < 1.29 is 13.2 Å². The zero-order valence-corrected chi connectivity index (χ0v) is 12.7. The number of aromatic nitrogens is 2. The van der Waals surface area contributed by atoms with Crippen molar-refractivity contribution in [1.29, 1.82) is 0 Å². The summed E-state index contributed by atoms with van der Waals surface area (Å²) in [5.41, 5.74) is 0.265. The summed E-state index contributed by atoms with van der Waals surface area (Å²) >= 11 is 0. The molecule has 122 valence electrons. The van der Waals surface area contributed by atoms with Crippen LogP contribution in [0, 0.1) is 0 Å². The second-order valence-corrected chi connectivity index (χ2v) is 5.28. The van der Waals surface area contributed by atoms with Gasteiger partial charge in [0.2, 0.25) is 0 Å². The molecule has 3 rings (SSSR count). The highest BCUT2D eigenvalue weighted by molar-refractivity contribution is 5.82. The fraction of sp³-hybridized carbons (Fsp3) is 0.111. The molecule has 3 aromatic rings. The van der Waals surface area contributed by atoms with Crippen LogP contribution in [-0.2, 0) is 7.05 Å². The first-order chi connectivity index (χ1) is 11.4. The molecule has 0 unspecified atom stereocenters. The van der Waals surface area contributed by atoms with E-state index in [1.54, 1.807) is 42.5 Å². The quantitative estimate of drug-likeness (QED) is 0.714. The Morgan fingerprint density at radius 1 is 1.04 bits per heavy atom. The van der Waals surface area contributed by atoms with E-state index in [0.717, 1.165) is 0 Å². The van der Waals surface area contributed by atoms with Crippen molar-refractivity contribution in [3.8, 4) is 0 Å². The van der Waals surface area contributed by atoms with E-state index in [-0.39, 0.29) is 22.9 Å². The van der Waals surface area contributed by atoms with E-state index < -0.39 is 11.7 Å². The fourth-order valence-corrected chi connectivity index (χ4v) is 2.52. The van der Waals surface area contributed by atoms with Crippen LogP contribution >= 0.6 is 0 Å². The lowest BCUT2D eigenvalue weighted by Crippen LogP contribution is -2.23. The minimum absolute atomic E-state index is 0.126. The first-order valence-electron chi connectivity index (χ1n) is 7.18. The van der Waals surface area contributed by atoms with Gasteiger partial charge < -0.3 is 4.57 Å². The van der Waals surface area contributed by atoms with Crippen molar-refractivity contribution in [2.75, 3.05) is 0 Å². The predicted octanol–water partition coefficient (Wildman–Crippen LogP) is 3.93. The van der Waals surface area contributed by atoms with E-state index in [9.17, 15) is 18.0 Å². The van der Waals surface area contributed by atoms with E-state index in [2.05, 4.69) is 4.98 Å². The Kier molecular flexibility index (Phi) is 3.97. The van der Waals surface area contributed by atoms with Gasteiger partial charge in [-0.05, 0) is 17.7 Å². The Morgan fingerprint density at radius 2 is 1.67 bits per heavy atom. The standard InChI is InChI=1S/C18H13F3N2O/c1-23-15-10-6-5-9-14(15)22-16(17(23)24)13(11-18(19,20)21)12-7-3-2-4-8-12/h2-11H,1H3. The number of fused-ring (bicyclic) bond motifs is 1. The Morgan fingerprint density at radius 3 is 2.33 bits per heavy atom. The van der Waals surface area contributed by atoms with Gasteiger partial charge in [0.25, 0.3) is 5.56 Å². The third-order valence-corrected chi connectivity index (χ3v) is 3.63. The summed E-state index contributed by atoms with van der Waals surface area (Å²) in [7, 11) is 1.52. The van der Waals surface area contributed by atoms with Gasteiger partial charge in [-0.25, -0.2) is 4.98 Å². The van der Waals surface area contributed by atoms with E-state index in [1.807, 2.05) is 0 Å². The third kappa shape index (κ3) is 3.08. The van der Waals surface area contributed by atoms with Gasteiger partial charge in [-0.1, -0.05) is 42.5 Å². The summed E-state index contributed by atoms with van der Waals surface area (Å²) < 4.78 is 40.3. The molecular formula is C18H13F3N2O. The molecule has 0 aliphatic carbocycles. The van der Waals surface area contributed by atoms with Crippen LogP contribution in [0.2, 0.25) is 0 Å². The second kappa shape index (κ2) is 5.96. The maximum Gasteiger partial charge on any atom is 0.410 e. The molecule has 0 N–H and O–H groups in total. The molecule has 6 heteroatoms. The Bertz CT molecular complexity index is 973. The van der Waals surface area contributed by atoms with Gasteiger partial charge in [0.1, 0.15) is 5.69 Å². The molecule has 0 aliphatic rings. The molecule has 0 fully saturated rings. The SMILES string of the molecule is Cn1c(=O)c(C(=CC(F)(F)F)c2ccccc2)nc2ccccc21. The minimum atomic E-state index is -4.57. The summed E-state index contributed by atoms with van der Waals surface area (Å²) in [6.07, 6.45) is -4.44. The van der Waals surface area contributed by atoms with Gasteiger partial charge in [0.15, 0.2) is 0 Å². The molecule has 0 bridgehead atoms. The molecule has 0 spiro atoms. The van der Waals surface area contributed by atoms with Crippen molar-refractivity contribution in [3.05, 3.63) is 82.3 Å². The van der Waals surface area contributed by atoms with Crippen LogP contribution in [0.15, 0.2) is 65.5 Å². The zero-order chi connectivity index (χ0) is 17.3. The summed E-state index contributed by atoms with van der Waals surface area (Å²) in [6, 6.07) is 14.8. The highest BCUT2D eigenvalue weighted by Crippen LogP contribution is 2.27. The number of rotatable bonds is 2. The van der Waals surface area contributed by atoms with Crippen LogP contribution in [0.5, 0.6) is 0 Å². The lowest BCUT2D eigenvalue weighted by Gasteiger charge is -2.12. The normalized spacial score (nSPS) is 12.6. The highest BCUT2D eigenvalue weighted by Gasteiger charge is 2.27. The molecule has 0 saturated carbocycles. The van der Waals surface area contributed by atoms with E-state index in [1.165, 1.54) is 23.7 Å². The van der Waals surface area contributed by atoms with Crippen molar-refractivity contribution in [3.63, 3.8) is 0 Å². The molecule has 0 atom stereocenters. The Balaban J connectivity index is 2.34. The van der Waals surface area contributed by atoms with Gasteiger partial charge >= 0.3 is 6.18 Å². The van der Waals surface area contributed by atoms with Crippen molar-refractivity contribution >= 4 is 16.6 Å². The molecule has 0 radical (unpaired) electrons. The second-order valence-electron chi connectivity index (χ2n) is 5.28. The number of halogens is 3. The average Bonchev–Trinajstić information content (AvgIpc) is 2.56. The van der Waals surface area contributed by atoms with Crippen LogP contribution in [0.25, 0.3) is 16.6 Å². The van der Waals surface area contributed by atoms with E-state index in [0.29, 0.717) is 11.0 Å². The Labute approximate surface area is 135 Å². The number of allylic oxidation sites excluding steroid dienone is 1. The Hall–Kier alpha value is -2.89. The number of aryl methyl sites for hydroxylation is 1. The van der Waals surface area contributed by atoms with Gasteiger partial charge in [0, 0.05) is 18.7 Å². The maximum atomic E-state index is 13.0. The molecule has 0 saturated heterocycles. The highest BCUT2D eigenvalue weighted by atomic mass is 19.4. The van der Waals surface area contributed by atoms with Crippen LogP contribution in [0.1, 0.15) is 11.3 Å². The van der Waals surface area contributed by atoms with Crippen LogP contribution in [-0.4, -0.2) is 15.7 Å². The summed E-state index contributed by atoms with van der Waals surface area (Å²) in [5, 5.41) is 0. The fourth-order valence-electron chi connectivity index (χ4n) is 2.52. The minimum Gasteiger partial charge on any atom is -0.308 e. The molecule has 24 heavy (non-hydrogen) atoms. The van der Waals surface area contributed by atoms with Crippen LogP contribution in [0.4, 0.5) is 13.2 Å². The van der Waals surface area contributed by atoms with Crippen molar-refractivity contribution in [2.45, 2.75) is 6.18 Å². The zero-order valence-electron chi connectivity index (χ0n) is 12.7. The molecule has 2 aromatic carbocycles. The maximum absolute atomic E-state index is 13.0. The average molecular weight is 330 g/mol. The van der Waals surface area contributed by atoms with E-state index in [4.69, 9.17) is 0 Å². The number of alkyl halides is 3. The molecule has 3 nitrogen and oxygen atoms in total. The van der Waals surface area contributed by atoms with Crippen LogP contribution in [0.3, 0.4) is 0 Å². The lowest BCUT2D eigenvalue weighted by molar-refractivity contribution is -0.0793. The predicted molar refractivity (Wildman–Crippen MR) is 86.6 cm³/mol. The summed E-state index contributed by atoms with van der Waals surface area (Å²) in [4.78, 5) is 16.8. The van der Waals surface area contributed by atoms with E-state index >= 15 is 0 Å². The largest absolute Gasteiger partial charge is 0.410 e. The van der Waals surface area contributed by atoms with Crippen molar-refractivity contribution in [1.82, 2.24) is 9.55 Å². The molecule has 0 amide bonds. The molecule has 1 aromatic heterocycles. The number of hydrogen-bond donors (Lipinski definition) is 0. The van der Waals surface area contributed by atoms with Crippen molar-refractivity contribution in [2.24, 2.45) is 7.05 Å². The molecular weight excluding hydrogens is 317 g/mol. The first-order valence-corrected chi connectivity index (χ1v) is 7.18. The van der Waals surface area contributed by atoms with Gasteiger partial charge in [-0.3, -0.25) is 4.79 Å². The smallest absolute Gasteiger partial charge is 0.308 e. The third-order valence-electron chi connectivity index (χ3n) is 3.63. The monoisotopic (exact) mass is 330 g/mol. The molecule has 0 aliphatic heterocycles. The van der Waals surface area contributed by atoms with Crippen LogP contribution < -0.4 is 5.56 Å². The number of nitrogens with zero attached hydrogens (tertiary/aromatic N) is 2. The molecule has 1 heterocycles. The topological polar surface area (TPSA) is 34.9 Å². The summed E-state index contributed by atoms with van der Waals surface area (Å²) in [5.74, 6) is 0. The number of benzene rings is 2. The number of hydrogen-bond acceptors (Lipinski definition) is 2. The van der Waals surface area contributed by atoms with Gasteiger partial charge in [-0.15, -0.1) is 0 Å². The number of para-hydroxylation sites is 2.